The van der Waals surface area contributed by atoms with Crippen LogP contribution in [0.1, 0.15) is 31.9 Å². The molecule has 1 aromatic rings. The lowest BCUT2D eigenvalue weighted by molar-refractivity contribution is 0.425. The molecular formula is C13H16F3N. The standard InChI is InChI=1S/C13H16F3N/c1-4-17-11(7-8(2)3)9-5-6-10(14)13(16)12(9)15/h5-6,11,17H,2,4,7H2,1,3H3. The van der Waals surface area contributed by atoms with E-state index in [4.69, 9.17) is 0 Å². The van der Waals surface area contributed by atoms with Gasteiger partial charge in [-0.05, 0) is 26.0 Å². The second-order valence-corrected chi connectivity index (χ2v) is 4.04. The Balaban J connectivity index is 3.09. The third-order valence-electron chi connectivity index (χ3n) is 2.44. The van der Waals surface area contributed by atoms with Gasteiger partial charge in [-0.1, -0.05) is 18.6 Å². The van der Waals surface area contributed by atoms with Crippen molar-refractivity contribution >= 4 is 0 Å². The Hall–Kier alpha value is -1.29. The van der Waals surface area contributed by atoms with Gasteiger partial charge >= 0.3 is 0 Å². The van der Waals surface area contributed by atoms with Crippen LogP contribution in [0.3, 0.4) is 0 Å². The smallest absolute Gasteiger partial charge is 0.194 e. The third-order valence-corrected chi connectivity index (χ3v) is 2.44. The first-order valence-electron chi connectivity index (χ1n) is 5.48. The van der Waals surface area contributed by atoms with E-state index in [1.165, 1.54) is 6.07 Å². The summed E-state index contributed by atoms with van der Waals surface area (Å²) in [5.41, 5.74) is 0.980. The van der Waals surface area contributed by atoms with Crippen molar-refractivity contribution in [3.8, 4) is 0 Å². The zero-order valence-corrected chi connectivity index (χ0v) is 9.99. The van der Waals surface area contributed by atoms with E-state index in [2.05, 4.69) is 11.9 Å². The zero-order chi connectivity index (χ0) is 13.0. The van der Waals surface area contributed by atoms with Crippen molar-refractivity contribution in [2.75, 3.05) is 6.54 Å². The normalized spacial score (nSPS) is 12.5. The maximum atomic E-state index is 13.6. The summed E-state index contributed by atoms with van der Waals surface area (Å²) < 4.78 is 39.5. The van der Waals surface area contributed by atoms with Gasteiger partial charge in [0, 0.05) is 11.6 Å². The summed E-state index contributed by atoms with van der Waals surface area (Å²) in [6, 6.07) is 1.83. The molecule has 0 amide bonds. The minimum Gasteiger partial charge on any atom is -0.310 e. The number of hydrogen-bond donors (Lipinski definition) is 1. The fourth-order valence-electron chi connectivity index (χ4n) is 1.70. The first kappa shape index (κ1) is 13.8. The fraction of sp³-hybridized carbons (Fsp3) is 0.385. The van der Waals surface area contributed by atoms with Crippen molar-refractivity contribution in [3.63, 3.8) is 0 Å². The van der Waals surface area contributed by atoms with E-state index in [0.29, 0.717) is 13.0 Å². The van der Waals surface area contributed by atoms with E-state index < -0.39 is 17.5 Å². The molecule has 0 spiro atoms. The van der Waals surface area contributed by atoms with Gasteiger partial charge < -0.3 is 5.32 Å². The Labute approximate surface area is 99.3 Å². The van der Waals surface area contributed by atoms with E-state index in [9.17, 15) is 13.2 Å². The van der Waals surface area contributed by atoms with Gasteiger partial charge in [0.15, 0.2) is 17.5 Å². The predicted octanol–water partition coefficient (Wildman–Crippen LogP) is 3.72. The average Bonchev–Trinajstić information content (AvgIpc) is 2.25. The summed E-state index contributed by atoms with van der Waals surface area (Å²) in [7, 11) is 0. The zero-order valence-electron chi connectivity index (χ0n) is 9.99. The van der Waals surface area contributed by atoms with E-state index in [1.807, 2.05) is 13.8 Å². The van der Waals surface area contributed by atoms with Crippen LogP contribution in [0, 0.1) is 17.5 Å². The first-order chi connectivity index (χ1) is 7.97. The first-order valence-corrected chi connectivity index (χ1v) is 5.48. The maximum Gasteiger partial charge on any atom is 0.194 e. The number of halogens is 3. The van der Waals surface area contributed by atoms with Gasteiger partial charge in [-0.25, -0.2) is 13.2 Å². The monoisotopic (exact) mass is 243 g/mol. The summed E-state index contributed by atoms with van der Waals surface area (Å²) in [6.45, 7) is 8.02. The summed E-state index contributed by atoms with van der Waals surface area (Å²) >= 11 is 0. The van der Waals surface area contributed by atoms with Gasteiger partial charge in [0.25, 0.3) is 0 Å². The molecule has 0 aromatic heterocycles. The van der Waals surface area contributed by atoms with E-state index in [0.717, 1.165) is 11.6 Å². The molecular weight excluding hydrogens is 227 g/mol. The van der Waals surface area contributed by atoms with Gasteiger partial charge in [-0.2, -0.15) is 0 Å². The number of nitrogens with one attached hydrogen (secondary N) is 1. The molecule has 0 aliphatic heterocycles. The van der Waals surface area contributed by atoms with Crippen LogP contribution in [-0.4, -0.2) is 6.54 Å². The summed E-state index contributed by atoms with van der Waals surface area (Å²) in [4.78, 5) is 0. The minimum absolute atomic E-state index is 0.133. The van der Waals surface area contributed by atoms with Gasteiger partial charge in [0.05, 0.1) is 0 Å². The summed E-state index contributed by atoms with van der Waals surface area (Å²) in [5.74, 6) is -3.72. The molecule has 0 saturated carbocycles. The largest absolute Gasteiger partial charge is 0.310 e. The van der Waals surface area contributed by atoms with Crippen molar-refractivity contribution in [1.82, 2.24) is 5.32 Å². The Morgan fingerprint density at radius 1 is 1.29 bits per heavy atom. The number of rotatable bonds is 5. The molecule has 0 aliphatic carbocycles. The van der Waals surface area contributed by atoms with Crippen molar-refractivity contribution in [2.24, 2.45) is 0 Å². The van der Waals surface area contributed by atoms with E-state index in [1.54, 1.807) is 0 Å². The summed E-state index contributed by atoms with van der Waals surface area (Å²) in [6.07, 6.45) is 0.482. The number of hydrogen-bond acceptors (Lipinski definition) is 1. The molecule has 0 saturated heterocycles. The van der Waals surface area contributed by atoms with Gasteiger partial charge in [0.1, 0.15) is 0 Å². The van der Waals surface area contributed by atoms with Crippen molar-refractivity contribution in [3.05, 3.63) is 47.3 Å². The average molecular weight is 243 g/mol. The Kier molecular flexibility index (Phi) is 4.75. The molecule has 1 unspecified atom stereocenters. The molecule has 0 heterocycles. The third kappa shape index (κ3) is 3.33. The molecule has 17 heavy (non-hydrogen) atoms. The molecule has 0 bridgehead atoms. The van der Waals surface area contributed by atoms with E-state index in [-0.39, 0.29) is 11.6 Å². The second kappa shape index (κ2) is 5.87. The highest BCUT2D eigenvalue weighted by Gasteiger charge is 2.20. The fourth-order valence-corrected chi connectivity index (χ4v) is 1.70. The lowest BCUT2D eigenvalue weighted by atomic mass is 9.99. The van der Waals surface area contributed by atoms with Gasteiger partial charge in [-0.15, -0.1) is 6.58 Å². The topological polar surface area (TPSA) is 12.0 Å². The van der Waals surface area contributed by atoms with Crippen LogP contribution in [0.15, 0.2) is 24.3 Å². The number of benzene rings is 1. The molecule has 1 aromatic carbocycles. The van der Waals surface area contributed by atoms with Crippen LogP contribution >= 0.6 is 0 Å². The maximum absolute atomic E-state index is 13.6. The van der Waals surface area contributed by atoms with Crippen molar-refractivity contribution in [1.29, 1.82) is 0 Å². The van der Waals surface area contributed by atoms with Crippen LogP contribution in [-0.2, 0) is 0 Å². The van der Waals surface area contributed by atoms with Crippen LogP contribution in [0.5, 0.6) is 0 Å². The lowest BCUT2D eigenvalue weighted by Gasteiger charge is -2.19. The minimum atomic E-state index is -1.42. The second-order valence-electron chi connectivity index (χ2n) is 4.04. The van der Waals surface area contributed by atoms with Crippen LogP contribution in [0.25, 0.3) is 0 Å². The molecule has 1 rings (SSSR count). The Bertz CT molecular complexity index is 415. The molecule has 0 aliphatic rings. The quantitative estimate of drug-likeness (QED) is 0.614. The molecule has 94 valence electrons. The highest BCUT2D eigenvalue weighted by molar-refractivity contribution is 5.24. The van der Waals surface area contributed by atoms with E-state index >= 15 is 0 Å². The van der Waals surface area contributed by atoms with Gasteiger partial charge in [-0.3, -0.25) is 0 Å². The highest BCUT2D eigenvalue weighted by Crippen LogP contribution is 2.25. The molecule has 1 N–H and O–H groups in total. The van der Waals surface area contributed by atoms with Crippen LogP contribution in [0.2, 0.25) is 0 Å². The highest BCUT2D eigenvalue weighted by atomic mass is 19.2. The van der Waals surface area contributed by atoms with Gasteiger partial charge in [0.2, 0.25) is 0 Å². The Morgan fingerprint density at radius 3 is 2.47 bits per heavy atom. The molecule has 1 atom stereocenters. The SMILES string of the molecule is C=C(C)CC(NCC)c1ccc(F)c(F)c1F. The Morgan fingerprint density at radius 2 is 1.94 bits per heavy atom. The molecule has 4 heteroatoms. The van der Waals surface area contributed by atoms with Crippen molar-refractivity contribution < 1.29 is 13.2 Å². The van der Waals surface area contributed by atoms with Crippen LogP contribution in [0.4, 0.5) is 13.2 Å². The predicted molar refractivity (Wildman–Crippen MR) is 62.2 cm³/mol. The summed E-state index contributed by atoms with van der Waals surface area (Å²) in [5, 5.41) is 3.03. The molecule has 1 nitrogen and oxygen atoms in total. The lowest BCUT2D eigenvalue weighted by Crippen LogP contribution is -2.22. The van der Waals surface area contributed by atoms with Crippen LogP contribution < -0.4 is 5.32 Å². The van der Waals surface area contributed by atoms with Crippen molar-refractivity contribution in [2.45, 2.75) is 26.3 Å². The molecule has 0 fully saturated rings. The molecule has 0 radical (unpaired) electrons.